The Morgan fingerprint density at radius 2 is 2.15 bits per heavy atom. The number of fused-ring (bicyclic) bond motifs is 2. The van der Waals surface area contributed by atoms with Gasteiger partial charge in [0.1, 0.15) is 29.4 Å². The number of imidazole rings is 1. The normalized spacial score (nSPS) is 20.3. The van der Waals surface area contributed by atoms with Gasteiger partial charge in [-0.3, -0.25) is 18.9 Å². The number of nitrogens with one attached hydrogen (secondary N) is 1. The van der Waals surface area contributed by atoms with Gasteiger partial charge in [-0.2, -0.15) is 0 Å². The first-order valence-electron chi connectivity index (χ1n) is 11.5. The van der Waals surface area contributed by atoms with Crippen LogP contribution >= 0.6 is 34.9 Å². The molecule has 3 atom stereocenters. The van der Waals surface area contributed by atoms with Gasteiger partial charge in [0.15, 0.2) is 10.8 Å². The fourth-order valence-corrected chi connectivity index (χ4v) is 7.18. The zero-order chi connectivity index (χ0) is 27.5. The molecule has 2 aliphatic heterocycles. The number of thiazole rings is 1. The molecule has 0 saturated carbocycles. The van der Waals surface area contributed by atoms with Gasteiger partial charge in [-0.15, -0.1) is 34.9 Å². The van der Waals surface area contributed by atoms with Crippen molar-refractivity contribution in [2.45, 2.75) is 21.7 Å². The number of anilines is 1. The van der Waals surface area contributed by atoms with E-state index in [1.807, 2.05) is 28.8 Å². The number of carbonyl (C=O) groups is 3. The second-order valence-electron chi connectivity index (χ2n) is 8.23. The fourth-order valence-electron chi connectivity index (χ4n) is 3.97. The summed E-state index contributed by atoms with van der Waals surface area (Å²) in [4.78, 5) is 52.7. The van der Waals surface area contributed by atoms with E-state index in [1.54, 1.807) is 11.6 Å². The first kappa shape index (κ1) is 30.4. The van der Waals surface area contributed by atoms with Crippen molar-refractivity contribution in [3.05, 3.63) is 53.4 Å². The second-order valence-corrected chi connectivity index (χ2v) is 11.5. The summed E-state index contributed by atoms with van der Waals surface area (Å²) in [6.07, 6.45) is 5.07. The number of β-lactam (4-membered cyclic amide) rings is 1. The number of methoxy groups -OCH3 is 1. The number of pyridine rings is 1. The van der Waals surface area contributed by atoms with E-state index in [0.29, 0.717) is 5.75 Å². The summed E-state index contributed by atoms with van der Waals surface area (Å²) in [6, 6.07) is 4.74. The van der Waals surface area contributed by atoms with Crippen LogP contribution in [0.25, 0.3) is 5.65 Å². The van der Waals surface area contributed by atoms with Crippen LogP contribution < -0.4 is 45.7 Å². The largest absolute Gasteiger partial charge is 1.00 e. The fraction of sp³-hybridized carbons (Fsp3) is 0.304. The summed E-state index contributed by atoms with van der Waals surface area (Å²) in [6.45, 7) is 0.340. The van der Waals surface area contributed by atoms with Crippen LogP contribution in [0.5, 0.6) is 0 Å². The molecule has 40 heavy (non-hydrogen) atoms. The van der Waals surface area contributed by atoms with Crippen LogP contribution in [0, 0.1) is 0 Å². The van der Waals surface area contributed by atoms with Gasteiger partial charge < -0.3 is 30.5 Å². The van der Waals surface area contributed by atoms with Crippen LogP contribution in [0.4, 0.5) is 5.13 Å². The molecule has 1 fully saturated rings. The predicted octanol–water partition coefficient (Wildman–Crippen LogP) is -3.06. The number of thioether (sulfide) groups is 2. The standard InChI is InChI=1S/C23H23N7O6S3.Na/c1-35-7-8-36-28-17(13-11-38-23(24)26-13)19(31)27-18-20(32)30-14(22(33)34)9-12(39-21(18)30)10-37-16-4-2-3-15-25-5-6-29(15)16;/h2-6,9,11-12,18,21H,7-8,10H2,1H3,(H2,24,26)(H,27,31)(H,33,34);/q;+1/p-1/b28-17-;/t12?,18-,21-;/m1./s1. The molecule has 204 valence electrons. The minimum absolute atomic E-state index is 0. The number of carbonyl (C=O) groups excluding carboxylic acids is 3. The maximum absolute atomic E-state index is 13.2. The number of nitrogen functional groups attached to an aromatic ring is 1. The first-order chi connectivity index (χ1) is 18.9. The molecule has 3 aromatic heterocycles. The van der Waals surface area contributed by atoms with Crippen molar-refractivity contribution in [1.82, 2.24) is 24.6 Å². The van der Waals surface area contributed by atoms with E-state index in [0.717, 1.165) is 26.9 Å². The average Bonchev–Trinajstić information content (AvgIpc) is 3.59. The molecule has 1 unspecified atom stereocenters. The van der Waals surface area contributed by atoms with E-state index < -0.39 is 29.2 Å². The molecular weight excluding hydrogens is 589 g/mol. The maximum Gasteiger partial charge on any atom is 1.00 e. The van der Waals surface area contributed by atoms with Crippen LogP contribution in [-0.4, -0.2) is 85.5 Å². The van der Waals surface area contributed by atoms with Crippen LogP contribution in [0.1, 0.15) is 5.69 Å². The molecule has 13 nitrogen and oxygen atoms in total. The third kappa shape index (κ3) is 6.32. The zero-order valence-corrected chi connectivity index (χ0v) is 25.8. The topological polar surface area (TPSA) is 177 Å². The molecule has 2 amide bonds. The van der Waals surface area contributed by atoms with Gasteiger partial charge in [0.05, 0.1) is 23.3 Å². The van der Waals surface area contributed by atoms with E-state index in [4.69, 9.17) is 15.3 Å². The Balaban J connectivity index is 0.00000370. The molecular formula is C23H22N7NaO6S3. The third-order valence-corrected chi connectivity index (χ3v) is 9.21. The van der Waals surface area contributed by atoms with Crippen LogP contribution in [-0.2, 0) is 24.0 Å². The SMILES string of the molecule is COCCO/N=C(\C(=O)N[C@@H]1C(=O)N2C(C(=O)[O-])=CC(CSc3cccc4nccn34)S[C@H]12)c1csc(N)n1.[Na+]. The van der Waals surface area contributed by atoms with E-state index in [-0.39, 0.29) is 70.3 Å². The number of hydrogen-bond acceptors (Lipinski definition) is 13. The minimum atomic E-state index is -1.46. The van der Waals surface area contributed by atoms with Crippen LogP contribution in [0.3, 0.4) is 0 Å². The zero-order valence-electron chi connectivity index (χ0n) is 21.4. The van der Waals surface area contributed by atoms with Gasteiger partial charge >= 0.3 is 29.6 Å². The van der Waals surface area contributed by atoms with Crippen molar-refractivity contribution in [3.8, 4) is 0 Å². The number of nitrogens with two attached hydrogens (primary N) is 1. The Kier molecular flexibility index (Phi) is 10.2. The predicted molar refractivity (Wildman–Crippen MR) is 144 cm³/mol. The van der Waals surface area contributed by atoms with E-state index >= 15 is 0 Å². The quantitative estimate of drug-likeness (QED) is 0.0562. The maximum atomic E-state index is 13.2. The number of aliphatic carboxylic acids is 1. The molecule has 0 spiro atoms. The van der Waals surface area contributed by atoms with Crippen molar-refractivity contribution in [3.63, 3.8) is 0 Å². The molecule has 5 rings (SSSR count). The van der Waals surface area contributed by atoms with Gasteiger partial charge in [0.25, 0.3) is 11.8 Å². The van der Waals surface area contributed by atoms with Crippen molar-refractivity contribution < 1.29 is 58.6 Å². The summed E-state index contributed by atoms with van der Waals surface area (Å²) < 4.78 is 6.85. The Hall–Kier alpha value is -2.60. The number of nitrogens with zero attached hydrogens (tertiary/aromatic N) is 5. The van der Waals surface area contributed by atoms with E-state index in [1.165, 1.54) is 36.7 Å². The van der Waals surface area contributed by atoms with Gasteiger partial charge in [-0.05, 0) is 18.2 Å². The molecule has 1 saturated heterocycles. The minimum Gasteiger partial charge on any atom is -0.543 e. The molecule has 0 bridgehead atoms. The first-order valence-corrected chi connectivity index (χ1v) is 14.4. The molecule has 3 N–H and O–H groups in total. The number of ether oxygens (including phenoxy) is 1. The monoisotopic (exact) mass is 611 g/mol. The second kappa shape index (κ2) is 13.4. The summed E-state index contributed by atoms with van der Waals surface area (Å²) >= 11 is 4.02. The molecule has 0 aliphatic carbocycles. The summed E-state index contributed by atoms with van der Waals surface area (Å²) in [5.41, 5.74) is 6.32. The number of amides is 2. The summed E-state index contributed by atoms with van der Waals surface area (Å²) in [7, 11) is 1.50. The number of hydrogen-bond donors (Lipinski definition) is 2. The molecule has 5 heterocycles. The third-order valence-electron chi connectivity index (χ3n) is 5.76. The van der Waals surface area contributed by atoms with Crippen molar-refractivity contribution >= 4 is 69.1 Å². The van der Waals surface area contributed by atoms with Crippen molar-refractivity contribution in [2.75, 3.05) is 31.8 Å². The van der Waals surface area contributed by atoms with E-state index in [2.05, 4.69) is 20.4 Å². The Morgan fingerprint density at radius 3 is 2.88 bits per heavy atom. The molecule has 3 aromatic rings. The number of carboxylic acids is 1. The molecule has 0 radical (unpaired) electrons. The van der Waals surface area contributed by atoms with Gasteiger partial charge in [0.2, 0.25) is 0 Å². The van der Waals surface area contributed by atoms with Crippen LogP contribution in [0.2, 0.25) is 0 Å². The van der Waals surface area contributed by atoms with Gasteiger partial charge in [-0.25, -0.2) is 9.97 Å². The van der Waals surface area contributed by atoms with Gasteiger partial charge in [0, 0.05) is 35.9 Å². The number of aromatic nitrogens is 3. The smallest absolute Gasteiger partial charge is 0.543 e. The molecule has 2 aliphatic rings. The number of rotatable bonds is 11. The van der Waals surface area contributed by atoms with Crippen molar-refractivity contribution in [2.24, 2.45) is 5.16 Å². The Morgan fingerprint density at radius 1 is 1.32 bits per heavy atom. The van der Waals surface area contributed by atoms with E-state index in [9.17, 15) is 19.5 Å². The Bertz CT molecular complexity index is 1480. The van der Waals surface area contributed by atoms with Gasteiger partial charge in [-0.1, -0.05) is 11.2 Å². The van der Waals surface area contributed by atoms with Crippen LogP contribution in [0.15, 0.2) is 57.9 Å². The molecule has 17 heteroatoms. The molecule has 0 aromatic carbocycles. The summed E-state index contributed by atoms with van der Waals surface area (Å²) in [5.74, 6) is -2.23. The van der Waals surface area contributed by atoms with Crippen molar-refractivity contribution in [1.29, 1.82) is 0 Å². The average molecular weight is 612 g/mol. The number of oxime groups is 1. The Labute approximate surface area is 262 Å². The summed E-state index contributed by atoms with van der Waals surface area (Å²) in [5, 5.41) is 20.2. The number of carboxylic acid groups (broad SMARTS) is 1.